The van der Waals surface area contributed by atoms with Crippen molar-refractivity contribution in [2.24, 2.45) is 0 Å². The molecule has 1 aromatic carbocycles. The van der Waals surface area contributed by atoms with Gasteiger partial charge in [-0.05, 0) is 24.3 Å². The fourth-order valence-electron chi connectivity index (χ4n) is 3.05. The lowest BCUT2D eigenvalue weighted by molar-refractivity contribution is 0.383. The smallest absolute Gasteiger partial charge is 0.243 e. The van der Waals surface area contributed by atoms with E-state index in [1.54, 1.807) is 23.3 Å². The monoisotopic (exact) mass is 395 g/mol. The van der Waals surface area contributed by atoms with Gasteiger partial charge in [0.1, 0.15) is 24.3 Å². The van der Waals surface area contributed by atoms with Crippen molar-refractivity contribution < 1.29 is 8.42 Å². The minimum atomic E-state index is -3.58. The predicted octanol–water partition coefficient (Wildman–Crippen LogP) is 1.04. The third-order valence-electron chi connectivity index (χ3n) is 4.59. The van der Waals surface area contributed by atoms with E-state index < -0.39 is 10.0 Å². The number of anilines is 1. The number of hydrogen-bond acceptors (Lipinski definition) is 7. The molecule has 3 aromatic rings. The molecule has 0 N–H and O–H groups in total. The topological polar surface area (TPSA) is 108 Å². The molecule has 1 aliphatic rings. The van der Waals surface area contributed by atoms with Gasteiger partial charge in [0.15, 0.2) is 0 Å². The van der Waals surface area contributed by atoms with Gasteiger partial charge in [0.25, 0.3) is 0 Å². The van der Waals surface area contributed by atoms with E-state index in [0.29, 0.717) is 37.6 Å². The van der Waals surface area contributed by atoms with Gasteiger partial charge in [-0.1, -0.05) is 0 Å². The zero-order valence-corrected chi connectivity index (χ0v) is 15.7. The van der Waals surface area contributed by atoms with Crippen molar-refractivity contribution in [1.82, 2.24) is 23.8 Å². The van der Waals surface area contributed by atoms with E-state index >= 15 is 0 Å². The molecule has 142 valence electrons. The van der Waals surface area contributed by atoms with Crippen LogP contribution in [0.1, 0.15) is 5.56 Å². The molecule has 0 spiro atoms. The van der Waals surface area contributed by atoms with Crippen LogP contribution in [0, 0.1) is 11.3 Å². The molecule has 10 heteroatoms. The van der Waals surface area contributed by atoms with Gasteiger partial charge in [-0.25, -0.2) is 23.4 Å². The zero-order chi connectivity index (χ0) is 19.6. The van der Waals surface area contributed by atoms with Crippen LogP contribution in [0.4, 0.5) is 5.82 Å². The second-order valence-corrected chi connectivity index (χ2v) is 8.17. The van der Waals surface area contributed by atoms with Crippen LogP contribution in [0.5, 0.6) is 0 Å². The van der Waals surface area contributed by atoms with Gasteiger partial charge < -0.3 is 4.90 Å². The largest absolute Gasteiger partial charge is 0.354 e. The first-order valence-corrected chi connectivity index (χ1v) is 10.1. The Balaban J connectivity index is 1.47. The molecule has 1 aliphatic heterocycles. The second kappa shape index (κ2) is 7.38. The fraction of sp³-hybridized carbons (Fsp3) is 0.222. The second-order valence-electron chi connectivity index (χ2n) is 6.23. The minimum absolute atomic E-state index is 0.199. The van der Waals surface area contributed by atoms with Crippen molar-refractivity contribution in [3.05, 3.63) is 60.9 Å². The number of sulfonamides is 1. The van der Waals surface area contributed by atoms with Crippen LogP contribution in [-0.4, -0.2) is 58.4 Å². The molecule has 1 saturated heterocycles. The minimum Gasteiger partial charge on any atom is -0.354 e. The van der Waals surface area contributed by atoms with Gasteiger partial charge in [-0.2, -0.15) is 9.57 Å². The normalized spacial score (nSPS) is 15.3. The molecule has 9 nitrogen and oxygen atoms in total. The SMILES string of the molecule is N#Cc1ccc(S(=O)(=O)N2CCN(c3cc(-n4ccnc4)ncn3)CC2)cc1. The summed E-state index contributed by atoms with van der Waals surface area (Å²) >= 11 is 0. The van der Waals surface area contributed by atoms with Gasteiger partial charge in [0.05, 0.1) is 16.5 Å². The van der Waals surface area contributed by atoms with Gasteiger partial charge in [-0.3, -0.25) is 4.57 Å². The summed E-state index contributed by atoms with van der Waals surface area (Å²) in [5.74, 6) is 1.45. The molecule has 0 atom stereocenters. The van der Waals surface area contributed by atoms with E-state index in [9.17, 15) is 8.42 Å². The summed E-state index contributed by atoms with van der Waals surface area (Å²) in [6.07, 6.45) is 6.63. The highest BCUT2D eigenvalue weighted by atomic mass is 32.2. The number of piperazine rings is 1. The van der Waals surface area contributed by atoms with Gasteiger partial charge in [0, 0.05) is 44.6 Å². The summed E-state index contributed by atoms with van der Waals surface area (Å²) in [7, 11) is -3.58. The Morgan fingerprint density at radius 1 is 1.00 bits per heavy atom. The van der Waals surface area contributed by atoms with E-state index in [4.69, 9.17) is 5.26 Å². The first-order valence-electron chi connectivity index (χ1n) is 8.63. The summed E-state index contributed by atoms with van der Waals surface area (Å²) in [5.41, 5.74) is 0.432. The summed E-state index contributed by atoms with van der Waals surface area (Å²) < 4.78 is 28.9. The van der Waals surface area contributed by atoms with Crippen molar-refractivity contribution in [2.75, 3.05) is 31.1 Å². The van der Waals surface area contributed by atoms with E-state index in [1.165, 1.54) is 34.9 Å². The third-order valence-corrected chi connectivity index (χ3v) is 6.50. The number of hydrogen-bond donors (Lipinski definition) is 0. The van der Waals surface area contributed by atoms with Crippen molar-refractivity contribution in [3.63, 3.8) is 0 Å². The maximum atomic E-state index is 12.8. The van der Waals surface area contributed by atoms with Gasteiger partial charge >= 0.3 is 0 Å². The molecule has 0 saturated carbocycles. The molecule has 0 radical (unpaired) electrons. The maximum Gasteiger partial charge on any atom is 0.243 e. The van der Waals surface area contributed by atoms with Crippen molar-refractivity contribution in [2.45, 2.75) is 4.90 Å². The summed E-state index contributed by atoms with van der Waals surface area (Å²) in [5, 5.41) is 8.87. The van der Waals surface area contributed by atoms with Crippen LogP contribution in [0.3, 0.4) is 0 Å². The van der Waals surface area contributed by atoms with Crippen LogP contribution in [0.2, 0.25) is 0 Å². The van der Waals surface area contributed by atoms with Crippen LogP contribution < -0.4 is 4.90 Å². The van der Waals surface area contributed by atoms with E-state index in [0.717, 1.165) is 5.82 Å². The fourth-order valence-corrected chi connectivity index (χ4v) is 4.48. The molecule has 0 aliphatic carbocycles. The molecule has 28 heavy (non-hydrogen) atoms. The Kier molecular flexibility index (Phi) is 4.77. The third kappa shape index (κ3) is 3.45. The lowest BCUT2D eigenvalue weighted by atomic mass is 10.2. The molecular weight excluding hydrogens is 378 g/mol. The standard InChI is InChI=1S/C18H17N7O2S/c19-12-15-1-3-16(4-2-15)28(26,27)25-9-7-23(8-10-25)17-11-18(22-13-21-17)24-6-5-20-14-24/h1-6,11,13-14H,7-10H2. The molecule has 2 aromatic heterocycles. The van der Waals surface area contributed by atoms with Crippen LogP contribution in [-0.2, 0) is 10.0 Å². The van der Waals surface area contributed by atoms with Crippen molar-refractivity contribution >= 4 is 15.8 Å². The van der Waals surface area contributed by atoms with Gasteiger partial charge in [-0.15, -0.1) is 0 Å². The Morgan fingerprint density at radius 3 is 2.36 bits per heavy atom. The molecule has 0 bridgehead atoms. The average Bonchev–Trinajstić information content (AvgIpc) is 3.29. The molecule has 1 fully saturated rings. The summed E-state index contributed by atoms with van der Waals surface area (Å²) in [4.78, 5) is 14.8. The van der Waals surface area contributed by atoms with E-state index in [1.807, 2.05) is 17.0 Å². The van der Waals surface area contributed by atoms with Crippen LogP contribution >= 0.6 is 0 Å². The summed E-state index contributed by atoms with van der Waals surface area (Å²) in [6.45, 7) is 1.76. The lowest BCUT2D eigenvalue weighted by Crippen LogP contribution is -2.48. The predicted molar refractivity (Wildman–Crippen MR) is 101 cm³/mol. The maximum absolute atomic E-state index is 12.8. The van der Waals surface area contributed by atoms with Crippen LogP contribution in [0.25, 0.3) is 5.82 Å². The highest BCUT2D eigenvalue weighted by Gasteiger charge is 2.29. The van der Waals surface area contributed by atoms with E-state index in [2.05, 4.69) is 15.0 Å². The molecule has 0 unspecified atom stereocenters. The Hall–Kier alpha value is -3.29. The average molecular weight is 395 g/mol. The van der Waals surface area contributed by atoms with Gasteiger partial charge in [0.2, 0.25) is 10.0 Å². The number of nitrogens with zero attached hydrogens (tertiary/aromatic N) is 7. The van der Waals surface area contributed by atoms with Crippen molar-refractivity contribution in [3.8, 4) is 11.9 Å². The summed E-state index contributed by atoms with van der Waals surface area (Å²) in [6, 6.07) is 9.82. The quantitative estimate of drug-likeness (QED) is 0.649. The molecular formula is C18H17N7O2S. The molecule has 0 amide bonds. The highest BCUT2D eigenvalue weighted by molar-refractivity contribution is 7.89. The number of aromatic nitrogens is 4. The highest BCUT2D eigenvalue weighted by Crippen LogP contribution is 2.21. The zero-order valence-electron chi connectivity index (χ0n) is 14.9. The lowest BCUT2D eigenvalue weighted by Gasteiger charge is -2.34. The molecule has 3 heterocycles. The number of benzene rings is 1. The first kappa shape index (κ1) is 18.1. The number of imidazole rings is 1. The number of rotatable bonds is 4. The Labute approximate surface area is 162 Å². The Bertz CT molecular complexity index is 1100. The van der Waals surface area contributed by atoms with Crippen LogP contribution in [0.15, 0.2) is 60.3 Å². The number of nitriles is 1. The van der Waals surface area contributed by atoms with E-state index in [-0.39, 0.29) is 4.90 Å². The van der Waals surface area contributed by atoms with Crippen molar-refractivity contribution in [1.29, 1.82) is 5.26 Å². The Morgan fingerprint density at radius 2 is 1.71 bits per heavy atom. The first-order chi connectivity index (χ1) is 13.6. The molecule has 4 rings (SSSR count).